The molecule has 18 heavy (non-hydrogen) atoms. The molecule has 0 fully saturated rings. The summed E-state index contributed by atoms with van der Waals surface area (Å²) >= 11 is 0. The van der Waals surface area contributed by atoms with Crippen LogP contribution in [0.4, 0.5) is 0 Å². The first-order chi connectivity index (χ1) is 8.70. The minimum absolute atomic E-state index is 0.111. The van der Waals surface area contributed by atoms with E-state index in [1.807, 2.05) is 12.1 Å². The molecule has 4 nitrogen and oxygen atoms in total. The first kappa shape index (κ1) is 12.9. The van der Waals surface area contributed by atoms with Crippen LogP contribution in [0.5, 0.6) is 5.75 Å². The van der Waals surface area contributed by atoms with Crippen molar-refractivity contribution in [2.45, 2.75) is 32.2 Å². The zero-order valence-corrected chi connectivity index (χ0v) is 10.6. The third kappa shape index (κ3) is 3.01. The third-order valence-corrected chi connectivity index (χ3v) is 3.14. The van der Waals surface area contributed by atoms with Crippen LogP contribution >= 0.6 is 0 Å². The van der Waals surface area contributed by atoms with Crippen LogP contribution in [0, 0.1) is 0 Å². The zero-order valence-electron chi connectivity index (χ0n) is 10.6. The summed E-state index contributed by atoms with van der Waals surface area (Å²) < 4.78 is 5.46. The van der Waals surface area contributed by atoms with Gasteiger partial charge in [-0.2, -0.15) is 0 Å². The van der Waals surface area contributed by atoms with Gasteiger partial charge in [0.1, 0.15) is 5.75 Å². The topological polar surface area (TPSA) is 58.6 Å². The van der Waals surface area contributed by atoms with E-state index in [2.05, 4.69) is 18.3 Å². The normalized spacial score (nSPS) is 14.9. The van der Waals surface area contributed by atoms with Gasteiger partial charge >= 0.3 is 5.97 Å². The van der Waals surface area contributed by atoms with Gasteiger partial charge < -0.3 is 15.2 Å². The fraction of sp³-hybridized carbons (Fsp3) is 0.500. The predicted octanol–water partition coefficient (Wildman–Crippen LogP) is 2.14. The van der Waals surface area contributed by atoms with Crippen molar-refractivity contribution in [2.24, 2.45) is 0 Å². The molecule has 0 aromatic heterocycles. The van der Waals surface area contributed by atoms with Crippen LogP contribution in [0.1, 0.15) is 36.9 Å². The number of rotatable bonds is 6. The molecule has 1 aromatic carbocycles. The molecule has 0 saturated carbocycles. The van der Waals surface area contributed by atoms with Crippen molar-refractivity contribution in [1.29, 1.82) is 0 Å². The molecule has 0 saturated heterocycles. The molecule has 0 radical (unpaired) electrons. The van der Waals surface area contributed by atoms with E-state index in [-0.39, 0.29) is 12.5 Å². The van der Waals surface area contributed by atoms with Gasteiger partial charge in [-0.05, 0) is 30.2 Å². The summed E-state index contributed by atoms with van der Waals surface area (Å²) in [6, 6.07) is 5.85. The Hall–Kier alpha value is -1.55. The maximum absolute atomic E-state index is 10.9. The Morgan fingerprint density at radius 1 is 1.56 bits per heavy atom. The molecule has 1 aliphatic rings. The highest BCUT2D eigenvalue weighted by Crippen LogP contribution is 2.29. The molecular formula is C14H19NO3. The third-order valence-electron chi connectivity index (χ3n) is 3.14. The lowest BCUT2D eigenvalue weighted by Crippen LogP contribution is -2.24. The second-order valence-electron chi connectivity index (χ2n) is 4.57. The van der Waals surface area contributed by atoms with Crippen LogP contribution in [-0.2, 0) is 11.2 Å². The molecular weight excluding hydrogens is 230 g/mol. The molecule has 1 aliphatic heterocycles. The Bertz CT molecular complexity index is 431. The molecule has 0 spiro atoms. The fourth-order valence-corrected chi connectivity index (χ4v) is 2.22. The number of nitrogens with one attached hydrogen (secondary N) is 1. The molecule has 2 rings (SSSR count). The second kappa shape index (κ2) is 5.87. The summed E-state index contributed by atoms with van der Waals surface area (Å²) in [6.07, 6.45) is 2.01. The summed E-state index contributed by atoms with van der Waals surface area (Å²) in [5.41, 5.74) is 2.22. The molecule has 98 valence electrons. The van der Waals surface area contributed by atoms with E-state index in [0.29, 0.717) is 0 Å². The highest BCUT2D eigenvalue weighted by atomic mass is 16.5. The number of fused-ring (bicyclic) bond motifs is 1. The average molecular weight is 249 g/mol. The number of carboxylic acids is 1. The number of carbonyl (C=O) groups is 1. The highest BCUT2D eigenvalue weighted by Gasteiger charge is 2.18. The highest BCUT2D eigenvalue weighted by molar-refractivity contribution is 5.68. The second-order valence-corrected chi connectivity index (χ2v) is 4.57. The molecule has 4 heteroatoms. The van der Waals surface area contributed by atoms with Crippen molar-refractivity contribution < 1.29 is 14.6 Å². The molecule has 0 aliphatic carbocycles. The smallest absolute Gasteiger partial charge is 0.305 e. The van der Waals surface area contributed by atoms with E-state index >= 15 is 0 Å². The quantitative estimate of drug-likeness (QED) is 0.811. The number of aliphatic carboxylic acids is 1. The lowest BCUT2D eigenvalue weighted by molar-refractivity contribution is -0.137. The molecule has 1 heterocycles. The summed E-state index contributed by atoms with van der Waals surface area (Å²) in [5, 5.41) is 12.3. The summed E-state index contributed by atoms with van der Waals surface area (Å²) in [6.45, 7) is 3.62. The van der Waals surface area contributed by atoms with Crippen LogP contribution in [0.25, 0.3) is 0 Å². The first-order valence-corrected chi connectivity index (χ1v) is 6.41. The van der Waals surface area contributed by atoms with Crippen LogP contribution in [0.15, 0.2) is 18.2 Å². The number of carboxylic acid groups (broad SMARTS) is 1. The van der Waals surface area contributed by atoms with Crippen LogP contribution in [-0.4, -0.2) is 24.2 Å². The Kier molecular flexibility index (Phi) is 4.20. The Labute approximate surface area is 107 Å². The summed E-state index contributed by atoms with van der Waals surface area (Å²) in [4.78, 5) is 10.9. The number of hydrogen-bond donors (Lipinski definition) is 2. The van der Waals surface area contributed by atoms with E-state index in [9.17, 15) is 4.79 Å². The molecule has 2 N–H and O–H groups in total. The number of benzene rings is 1. The lowest BCUT2D eigenvalue weighted by Gasteiger charge is -2.17. The van der Waals surface area contributed by atoms with Gasteiger partial charge in [-0.3, -0.25) is 4.79 Å². The number of ether oxygens (including phenoxy) is 1. The van der Waals surface area contributed by atoms with Gasteiger partial charge in [0.25, 0.3) is 0 Å². The lowest BCUT2D eigenvalue weighted by atomic mass is 10.00. The number of hydrogen-bond acceptors (Lipinski definition) is 3. The SMILES string of the molecule is CCCNC(CC(=O)O)c1ccc2c(c1)CCO2. The Morgan fingerprint density at radius 2 is 2.39 bits per heavy atom. The van der Waals surface area contributed by atoms with Crippen LogP contribution in [0.3, 0.4) is 0 Å². The molecule has 0 amide bonds. The van der Waals surface area contributed by atoms with E-state index in [0.717, 1.165) is 37.3 Å². The van der Waals surface area contributed by atoms with Crippen molar-refractivity contribution in [3.05, 3.63) is 29.3 Å². The molecule has 1 aromatic rings. The predicted molar refractivity (Wildman–Crippen MR) is 68.9 cm³/mol. The van der Waals surface area contributed by atoms with Gasteiger partial charge in [-0.25, -0.2) is 0 Å². The van der Waals surface area contributed by atoms with Gasteiger partial charge in [0, 0.05) is 12.5 Å². The standard InChI is InChI=1S/C14H19NO3/c1-2-6-15-12(9-14(16)17)10-3-4-13-11(8-10)5-7-18-13/h3-4,8,12,15H,2,5-7,9H2,1H3,(H,16,17). The van der Waals surface area contributed by atoms with E-state index in [4.69, 9.17) is 9.84 Å². The van der Waals surface area contributed by atoms with Crippen molar-refractivity contribution >= 4 is 5.97 Å². The van der Waals surface area contributed by atoms with Gasteiger partial charge in [0.15, 0.2) is 0 Å². The largest absolute Gasteiger partial charge is 0.493 e. The Morgan fingerprint density at radius 3 is 3.11 bits per heavy atom. The van der Waals surface area contributed by atoms with Crippen LogP contribution in [0.2, 0.25) is 0 Å². The molecule has 1 atom stereocenters. The van der Waals surface area contributed by atoms with Gasteiger partial charge in [0.05, 0.1) is 13.0 Å². The minimum Gasteiger partial charge on any atom is -0.493 e. The van der Waals surface area contributed by atoms with E-state index < -0.39 is 5.97 Å². The maximum atomic E-state index is 10.9. The van der Waals surface area contributed by atoms with E-state index in [1.165, 1.54) is 5.56 Å². The summed E-state index contributed by atoms with van der Waals surface area (Å²) in [7, 11) is 0. The average Bonchev–Trinajstić information content (AvgIpc) is 2.81. The van der Waals surface area contributed by atoms with Crippen molar-refractivity contribution in [2.75, 3.05) is 13.2 Å². The maximum Gasteiger partial charge on any atom is 0.305 e. The van der Waals surface area contributed by atoms with E-state index in [1.54, 1.807) is 0 Å². The van der Waals surface area contributed by atoms with Gasteiger partial charge in [-0.15, -0.1) is 0 Å². The van der Waals surface area contributed by atoms with Crippen molar-refractivity contribution in [1.82, 2.24) is 5.32 Å². The summed E-state index contributed by atoms with van der Waals surface area (Å²) in [5.74, 6) is 0.156. The van der Waals surface area contributed by atoms with Crippen molar-refractivity contribution in [3.8, 4) is 5.75 Å². The Balaban J connectivity index is 2.15. The fourth-order valence-electron chi connectivity index (χ4n) is 2.22. The first-order valence-electron chi connectivity index (χ1n) is 6.41. The van der Waals surface area contributed by atoms with Crippen LogP contribution < -0.4 is 10.1 Å². The van der Waals surface area contributed by atoms with Gasteiger partial charge in [-0.1, -0.05) is 19.1 Å². The molecule has 1 unspecified atom stereocenters. The minimum atomic E-state index is -0.777. The zero-order chi connectivity index (χ0) is 13.0. The van der Waals surface area contributed by atoms with Crippen molar-refractivity contribution in [3.63, 3.8) is 0 Å². The van der Waals surface area contributed by atoms with Gasteiger partial charge in [0.2, 0.25) is 0 Å². The monoisotopic (exact) mass is 249 g/mol. The molecule has 0 bridgehead atoms.